The number of halogens is 1. The molecule has 0 aromatic carbocycles. The van der Waals surface area contributed by atoms with Crippen molar-refractivity contribution < 1.29 is 0 Å². The van der Waals surface area contributed by atoms with Gasteiger partial charge in [-0.3, -0.25) is 0 Å². The zero-order chi connectivity index (χ0) is 5.54. The van der Waals surface area contributed by atoms with Gasteiger partial charge in [0, 0.05) is 0 Å². The van der Waals surface area contributed by atoms with E-state index < -0.39 is 0 Å². The van der Waals surface area contributed by atoms with Gasteiger partial charge in [-0.05, 0) is 41.4 Å². The summed E-state index contributed by atoms with van der Waals surface area (Å²) < 4.78 is 0. The molecule has 6 saturated carbocycles. The highest BCUT2D eigenvalue weighted by Gasteiger charge is 3.04. The molecule has 0 aliphatic heterocycles. The van der Waals surface area contributed by atoms with Gasteiger partial charge < -0.3 is 0 Å². The van der Waals surface area contributed by atoms with E-state index in [-0.39, 0.29) is 0 Å². The summed E-state index contributed by atoms with van der Waals surface area (Å²) in [5, 5.41) is 0. The average molecular weight is 138 g/mol. The third kappa shape index (κ3) is 0.111. The molecule has 0 amide bonds. The molecule has 0 N–H and O–H groups in total. The third-order valence-corrected chi connectivity index (χ3v) is 5.76. The first-order valence-electron chi connectivity index (χ1n) is 3.92. The Labute approximate surface area is 58.6 Å². The summed E-state index contributed by atoms with van der Waals surface area (Å²) >= 11 is 6.37. The maximum Gasteiger partial charge on any atom is 0.0548 e. The monoisotopic (exact) mass is 137 g/mol. The first kappa shape index (κ1) is 3.61. The topological polar surface area (TPSA) is 0 Å². The predicted molar refractivity (Wildman–Crippen MR) is 32.8 cm³/mol. The molecule has 0 atom stereocenters. The van der Waals surface area contributed by atoms with E-state index in [1.54, 1.807) is 0 Å². The minimum absolute atomic E-state index is 0.418. The van der Waals surface area contributed by atoms with Crippen LogP contribution in [0, 0.1) is 41.4 Å². The summed E-state index contributed by atoms with van der Waals surface area (Å²) in [5.74, 6) is 8.24. The van der Waals surface area contributed by atoms with Gasteiger partial charge >= 0.3 is 0 Å². The van der Waals surface area contributed by atoms with E-state index in [1.807, 2.05) is 5.92 Å². The zero-order valence-electron chi connectivity index (χ0n) is 4.84. The molecule has 0 bridgehead atoms. The Bertz CT molecular complexity index is 206. The van der Waals surface area contributed by atoms with Crippen molar-refractivity contribution in [1.29, 1.82) is 0 Å². The normalized spacial score (nSPS) is 99.7. The molecule has 6 aliphatic carbocycles. The summed E-state index contributed by atoms with van der Waals surface area (Å²) in [5.41, 5.74) is 0. The highest BCUT2D eigenvalue weighted by molar-refractivity contribution is 6.28. The van der Waals surface area contributed by atoms with E-state index in [1.165, 1.54) is 0 Å². The number of hydrogen-bond acceptors (Lipinski definition) is 0. The lowest BCUT2D eigenvalue weighted by Crippen LogP contribution is -3.06. The van der Waals surface area contributed by atoms with E-state index in [4.69, 9.17) is 11.6 Å². The van der Waals surface area contributed by atoms with Crippen LogP contribution in [0.4, 0.5) is 0 Å². The predicted octanol–water partition coefficient (Wildman–Crippen LogP) is 1.30. The van der Waals surface area contributed by atoms with Crippen LogP contribution in [0.2, 0.25) is 0 Å². The standard InChI is InChI=1S/C8H6Cl/c9-8-5-2-1-3(5)7(8)4(1)6(2)8/h2-7H. The van der Waals surface area contributed by atoms with Gasteiger partial charge in [-0.2, -0.15) is 0 Å². The number of alkyl halides is 1. The molecule has 6 fully saturated rings. The largest absolute Gasteiger partial charge is 0.118 e. The average Bonchev–Trinajstić information content (AvgIpc) is 1.88. The molecule has 1 heteroatoms. The van der Waals surface area contributed by atoms with Crippen LogP contribution in [-0.4, -0.2) is 4.87 Å². The van der Waals surface area contributed by atoms with Crippen molar-refractivity contribution in [2.45, 2.75) is 4.87 Å². The Kier molecular flexibility index (Phi) is 0.238. The molecule has 0 aromatic rings. The Balaban J connectivity index is 1.93. The molecule has 6 rings (SSSR count). The molecular weight excluding hydrogens is 132 g/mol. The SMILES string of the molecule is ClC12C3C4[C]5C3C1C5C42. The van der Waals surface area contributed by atoms with Gasteiger partial charge in [0.15, 0.2) is 0 Å². The quantitative estimate of drug-likeness (QED) is 0.442. The number of hydrogen-bond donors (Lipinski definition) is 0. The van der Waals surface area contributed by atoms with E-state index in [0.29, 0.717) is 4.87 Å². The molecule has 9 heavy (non-hydrogen) atoms. The van der Waals surface area contributed by atoms with Crippen LogP contribution in [0.3, 0.4) is 0 Å². The van der Waals surface area contributed by atoms with Crippen LogP contribution in [0.15, 0.2) is 0 Å². The smallest absolute Gasteiger partial charge is 0.0548 e. The summed E-state index contributed by atoms with van der Waals surface area (Å²) in [6, 6.07) is 0. The van der Waals surface area contributed by atoms with Crippen molar-refractivity contribution in [3.8, 4) is 0 Å². The summed E-state index contributed by atoms with van der Waals surface area (Å²) in [6.07, 6.45) is 0. The molecule has 0 saturated heterocycles. The minimum atomic E-state index is 0.418. The van der Waals surface area contributed by atoms with E-state index in [2.05, 4.69) is 0 Å². The lowest BCUT2D eigenvalue weighted by molar-refractivity contribution is -0.465. The van der Waals surface area contributed by atoms with Gasteiger partial charge in [-0.1, -0.05) is 0 Å². The van der Waals surface area contributed by atoms with Crippen molar-refractivity contribution >= 4 is 11.6 Å². The van der Waals surface area contributed by atoms with Gasteiger partial charge in [0.2, 0.25) is 0 Å². The minimum Gasteiger partial charge on any atom is -0.118 e. The Morgan fingerprint density at radius 2 is 1.44 bits per heavy atom. The van der Waals surface area contributed by atoms with Crippen molar-refractivity contribution in [1.82, 2.24) is 0 Å². The molecule has 45 valence electrons. The Morgan fingerprint density at radius 1 is 1.00 bits per heavy atom. The molecule has 1 radical (unpaired) electrons. The summed E-state index contributed by atoms with van der Waals surface area (Å²) in [6.45, 7) is 0. The van der Waals surface area contributed by atoms with E-state index in [9.17, 15) is 0 Å². The molecular formula is C8H6Cl. The molecule has 0 heterocycles. The third-order valence-electron chi connectivity index (χ3n) is 5.01. The van der Waals surface area contributed by atoms with Gasteiger partial charge in [-0.15, -0.1) is 11.6 Å². The van der Waals surface area contributed by atoms with Crippen LogP contribution in [0.1, 0.15) is 0 Å². The molecule has 0 unspecified atom stereocenters. The van der Waals surface area contributed by atoms with Gasteiger partial charge in [0.05, 0.1) is 4.87 Å². The lowest BCUT2D eigenvalue weighted by Gasteiger charge is -3.05. The van der Waals surface area contributed by atoms with Crippen molar-refractivity contribution in [3.63, 3.8) is 0 Å². The first-order valence-corrected chi connectivity index (χ1v) is 4.30. The van der Waals surface area contributed by atoms with Crippen LogP contribution in [0.25, 0.3) is 0 Å². The maximum atomic E-state index is 6.37. The second-order valence-corrected chi connectivity index (χ2v) is 5.14. The van der Waals surface area contributed by atoms with Crippen molar-refractivity contribution in [2.75, 3.05) is 0 Å². The van der Waals surface area contributed by atoms with Gasteiger partial charge in [-0.25, -0.2) is 0 Å². The fraction of sp³-hybridized carbons (Fsp3) is 0.875. The van der Waals surface area contributed by atoms with E-state index >= 15 is 0 Å². The highest BCUT2D eigenvalue weighted by atomic mass is 35.5. The summed E-state index contributed by atoms with van der Waals surface area (Å²) in [4.78, 5) is 0.418. The van der Waals surface area contributed by atoms with Gasteiger partial charge in [0.25, 0.3) is 0 Å². The van der Waals surface area contributed by atoms with Gasteiger partial charge in [0.1, 0.15) is 0 Å². The zero-order valence-corrected chi connectivity index (χ0v) is 5.60. The fourth-order valence-electron chi connectivity index (χ4n) is 4.86. The number of rotatable bonds is 0. The van der Waals surface area contributed by atoms with Crippen LogP contribution in [0.5, 0.6) is 0 Å². The first-order chi connectivity index (χ1) is 4.37. The Hall–Kier alpha value is 0.290. The molecule has 6 aliphatic rings. The van der Waals surface area contributed by atoms with Crippen LogP contribution < -0.4 is 0 Å². The molecule has 0 spiro atoms. The molecule has 0 aromatic heterocycles. The fourth-order valence-corrected chi connectivity index (χ4v) is 5.67. The lowest BCUT2D eigenvalue weighted by atomic mass is 9.01. The van der Waals surface area contributed by atoms with E-state index in [0.717, 1.165) is 35.5 Å². The highest BCUT2D eigenvalue weighted by Crippen LogP contribution is 3.04. The van der Waals surface area contributed by atoms with Crippen molar-refractivity contribution in [3.05, 3.63) is 5.92 Å². The van der Waals surface area contributed by atoms with Crippen molar-refractivity contribution in [2.24, 2.45) is 35.5 Å². The summed E-state index contributed by atoms with van der Waals surface area (Å²) in [7, 11) is 0. The Morgan fingerprint density at radius 3 is 1.67 bits per heavy atom. The van der Waals surface area contributed by atoms with Crippen LogP contribution in [-0.2, 0) is 0 Å². The molecule has 0 nitrogen and oxygen atoms in total. The second-order valence-electron chi connectivity index (χ2n) is 4.48. The van der Waals surface area contributed by atoms with Crippen LogP contribution >= 0.6 is 11.6 Å². The maximum absolute atomic E-state index is 6.37. The second kappa shape index (κ2) is 0.592.